The first-order valence-electron chi connectivity index (χ1n) is 6.35. The smallest absolute Gasteiger partial charge is 0.164 e. The largest absolute Gasteiger partial charge is 0.294 e. The van der Waals surface area contributed by atoms with Crippen molar-refractivity contribution < 1.29 is 4.79 Å². The van der Waals surface area contributed by atoms with Crippen molar-refractivity contribution in [2.45, 2.75) is 19.3 Å². The SMILES string of the molecule is Cc1ccc(C(=O)CC(C#N)c2ccc(Br)cc2)cc1. The maximum Gasteiger partial charge on any atom is 0.164 e. The number of ketones is 1. The lowest BCUT2D eigenvalue weighted by Crippen LogP contribution is -2.06. The average molecular weight is 328 g/mol. The van der Waals surface area contributed by atoms with Gasteiger partial charge in [0, 0.05) is 16.5 Å². The van der Waals surface area contributed by atoms with Crippen LogP contribution in [0.25, 0.3) is 0 Å². The number of halogens is 1. The third-order valence-electron chi connectivity index (χ3n) is 3.19. The van der Waals surface area contributed by atoms with Gasteiger partial charge < -0.3 is 0 Å². The molecule has 0 aliphatic rings. The number of Topliss-reactive ketones (excluding diaryl/α,β-unsaturated/α-hetero) is 1. The van der Waals surface area contributed by atoms with Gasteiger partial charge in [0.25, 0.3) is 0 Å². The van der Waals surface area contributed by atoms with Gasteiger partial charge in [0.15, 0.2) is 5.78 Å². The van der Waals surface area contributed by atoms with E-state index in [1.807, 2.05) is 55.5 Å². The molecule has 0 aliphatic carbocycles. The zero-order chi connectivity index (χ0) is 14.5. The number of rotatable bonds is 4. The molecule has 3 heteroatoms. The standard InChI is InChI=1S/C17H14BrNO/c1-12-2-4-14(5-3-12)17(20)10-15(11-19)13-6-8-16(18)9-7-13/h2-9,15H,10H2,1H3. The lowest BCUT2D eigenvalue weighted by Gasteiger charge is -2.09. The van der Waals surface area contributed by atoms with Crippen molar-refractivity contribution >= 4 is 21.7 Å². The minimum Gasteiger partial charge on any atom is -0.294 e. The Bertz CT molecular complexity index is 638. The van der Waals surface area contributed by atoms with Crippen molar-refractivity contribution in [2.24, 2.45) is 0 Å². The minimum absolute atomic E-state index is 0.000492. The highest BCUT2D eigenvalue weighted by atomic mass is 79.9. The predicted octanol–water partition coefficient (Wildman–Crippen LogP) is 4.64. The minimum atomic E-state index is -0.406. The van der Waals surface area contributed by atoms with Crippen LogP contribution in [0.2, 0.25) is 0 Å². The van der Waals surface area contributed by atoms with Crippen LogP contribution in [0.3, 0.4) is 0 Å². The Morgan fingerprint density at radius 1 is 1.15 bits per heavy atom. The van der Waals surface area contributed by atoms with Crippen molar-refractivity contribution in [1.29, 1.82) is 5.26 Å². The van der Waals surface area contributed by atoms with Crippen molar-refractivity contribution in [1.82, 2.24) is 0 Å². The van der Waals surface area contributed by atoms with Crippen LogP contribution in [0.1, 0.15) is 33.8 Å². The summed E-state index contributed by atoms with van der Waals surface area (Å²) in [5, 5.41) is 9.27. The second-order valence-electron chi connectivity index (χ2n) is 4.73. The van der Waals surface area contributed by atoms with Crippen LogP contribution in [0.4, 0.5) is 0 Å². The summed E-state index contributed by atoms with van der Waals surface area (Å²) in [4.78, 5) is 12.2. The van der Waals surface area contributed by atoms with E-state index in [0.717, 1.165) is 15.6 Å². The molecule has 0 heterocycles. The maximum absolute atomic E-state index is 12.2. The van der Waals surface area contributed by atoms with Crippen LogP contribution in [0.15, 0.2) is 53.0 Å². The van der Waals surface area contributed by atoms with Crippen LogP contribution in [-0.2, 0) is 0 Å². The van der Waals surface area contributed by atoms with E-state index in [0.29, 0.717) is 5.56 Å². The lowest BCUT2D eigenvalue weighted by atomic mass is 9.92. The van der Waals surface area contributed by atoms with E-state index in [4.69, 9.17) is 0 Å². The molecule has 0 saturated carbocycles. The molecule has 1 atom stereocenters. The molecule has 100 valence electrons. The predicted molar refractivity (Wildman–Crippen MR) is 82.6 cm³/mol. The molecule has 0 aromatic heterocycles. The van der Waals surface area contributed by atoms with E-state index in [9.17, 15) is 10.1 Å². The fourth-order valence-corrected chi connectivity index (χ4v) is 2.24. The molecule has 2 aromatic rings. The van der Waals surface area contributed by atoms with Crippen molar-refractivity contribution in [3.63, 3.8) is 0 Å². The molecular weight excluding hydrogens is 314 g/mol. The van der Waals surface area contributed by atoms with Crippen molar-refractivity contribution in [3.8, 4) is 6.07 Å². The number of benzene rings is 2. The third-order valence-corrected chi connectivity index (χ3v) is 3.72. The van der Waals surface area contributed by atoms with Crippen LogP contribution in [0.5, 0.6) is 0 Å². The highest BCUT2D eigenvalue weighted by Crippen LogP contribution is 2.23. The number of nitrogens with zero attached hydrogens (tertiary/aromatic N) is 1. The zero-order valence-corrected chi connectivity index (χ0v) is 12.7. The molecule has 0 aliphatic heterocycles. The molecule has 2 rings (SSSR count). The van der Waals surface area contributed by atoms with Gasteiger partial charge in [0.1, 0.15) is 0 Å². The van der Waals surface area contributed by atoms with Gasteiger partial charge in [-0.3, -0.25) is 4.79 Å². The van der Waals surface area contributed by atoms with Crippen LogP contribution >= 0.6 is 15.9 Å². The summed E-state index contributed by atoms with van der Waals surface area (Å²) in [6.45, 7) is 1.98. The summed E-state index contributed by atoms with van der Waals surface area (Å²) in [7, 11) is 0. The van der Waals surface area contributed by atoms with Gasteiger partial charge in [-0.25, -0.2) is 0 Å². The summed E-state index contributed by atoms with van der Waals surface area (Å²) in [5.41, 5.74) is 2.65. The normalized spacial score (nSPS) is 11.7. The zero-order valence-electron chi connectivity index (χ0n) is 11.1. The molecule has 0 fully saturated rings. The Morgan fingerprint density at radius 2 is 1.75 bits per heavy atom. The molecule has 1 unspecified atom stereocenters. The molecular formula is C17H14BrNO. The molecule has 20 heavy (non-hydrogen) atoms. The van der Waals surface area contributed by atoms with E-state index < -0.39 is 5.92 Å². The van der Waals surface area contributed by atoms with Gasteiger partial charge in [-0.2, -0.15) is 5.26 Å². The summed E-state index contributed by atoms with van der Waals surface area (Å²) in [6, 6.07) is 17.2. The number of carbonyl (C=O) groups excluding carboxylic acids is 1. The highest BCUT2D eigenvalue weighted by Gasteiger charge is 2.16. The summed E-state index contributed by atoms with van der Waals surface area (Å²) in [6.07, 6.45) is 0.210. The molecule has 0 saturated heterocycles. The molecule has 2 nitrogen and oxygen atoms in total. The third kappa shape index (κ3) is 3.55. The topological polar surface area (TPSA) is 40.9 Å². The van der Waals surface area contributed by atoms with Crippen LogP contribution in [0, 0.1) is 18.3 Å². The summed E-state index contributed by atoms with van der Waals surface area (Å²) >= 11 is 3.36. The van der Waals surface area contributed by atoms with E-state index in [-0.39, 0.29) is 12.2 Å². The quantitative estimate of drug-likeness (QED) is 0.767. The Hall–Kier alpha value is -1.92. The van der Waals surface area contributed by atoms with E-state index in [2.05, 4.69) is 22.0 Å². The van der Waals surface area contributed by atoms with Crippen molar-refractivity contribution in [3.05, 3.63) is 69.7 Å². The van der Waals surface area contributed by atoms with Gasteiger partial charge in [0.05, 0.1) is 12.0 Å². The molecule has 0 radical (unpaired) electrons. The molecule has 0 N–H and O–H groups in total. The van der Waals surface area contributed by atoms with E-state index >= 15 is 0 Å². The van der Waals surface area contributed by atoms with Gasteiger partial charge in [0.2, 0.25) is 0 Å². The Kier molecular flexibility index (Phi) is 4.70. The monoisotopic (exact) mass is 327 g/mol. The Labute approximate surface area is 127 Å². The number of aryl methyl sites for hydroxylation is 1. The summed E-state index contributed by atoms with van der Waals surface area (Å²) in [5.74, 6) is -0.406. The van der Waals surface area contributed by atoms with Gasteiger partial charge in [-0.15, -0.1) is 0 Å². The first kappa shape index (κ1) is 14.5. The first-order chi connectivity index (χ1) is 9.60. The second kappa shape index (κ2) is 6.49. The highest BCUT2D eigenvalue weighted by molar-refractivity contribution is 9.10. The Balaban J connectivity index is 2.14. The molecule has 0 amide bonds. The Morgan fingerprint density at radius 3 is 2.30 bits per heavy atom. The number of hydrogen-bond donors (Lipinski definition) is 0. The fourth-order valence-electron chi connectivity index (χ4n) is 1.98. The maximum atomic E-state index is 12.2. The number of nitriles is 1. The average Bonchev–Trinajstić information content (AvgIpc) is 2.46. The second-order valence-corrected chi connectivity index (χ2v) is 5.64. The number of carbonyl (C=O) groups is 1. The molecule has 2 aromatic carbocycles. The van der Waals surface area contributed by atoms with Crippen molar-refractivity contribution in [2.75, 3.05) is 0 Å². The fraction of sp³-hybridized carbons (Fsp3) is 0.176. The van der Waals surface area contributed by atoms with Gasteiger partial charge >= 0.3 is 0 Å². The lowest BCUT2D eigenvalue weighted by molar-refractivity contribution is 0.0979. The molecule has 0 bridgehead atoms. The van der Waals surface area contributed by atoms with E-state index in [1.54, 1.807) is 0 Å². The molecule has 0 spiro atoms. The van der Waals surface area contributed by atoms with Gasteiger partial charge in [-0.1, -0.05) is 57.9 Å². The van der Waals surface area contributed by atoms with Gasteiger partial charge in [-0.05, 0) is 24.6 Å². The van der Waals surface area contributed by atoms with Crippen LogP contribution < -0.4 is 0 Å². The first-order valence-corrected chi connectivity index (χ1v) is 7.14. The van der Waals surface area contributed by atoms with Crippen LogP contribution in [-0.4, -0.2) is 5.78 Å². The number of hydrogen-bond acceptors (Lipinski definition) is 2. The summed E-state index contributed by atoms with van der Waals surface area (Å²) < 4.78 is 0.961. The van der Waals surface area contributed by atoms with E-state index in [1.165, 1.54) is 0 Å².